The summed E-state index contributed by atoms with van der Waals surface area (Å²) in [7, 11) is 1.54. The summed E-state index contributed by atoms with van der Waals surface area (Å²) < 4.78 is 0. The first kappa shape index (κ1) is 10.9. The lowest BCUT2D eigenvalue weighted by molar-refractivity contribution is -0.385. The van der Waals surface area contributed by atoms with Crippen molar-refractivity contribution in [3.05, 3.63) is 28.4 Å². The Morgan fingerprint density at radius 3 is 2.73 bits per heavy atom. The van der Waals surface area contributed by atoms with Crippen molar-refractivity contribution in [1.29, 1.82) is 0 Å². The average molecular weight is 211 g/mol. The van der Waals surface area contributed by atoms with E-state index in [4.69, 9.17) is 5.11 Å². The molecule has 7 heteroatoms. The molecule has 1 heterocycles. The van der Waals surface area contributed by atoms with Crippen LogP contribution in [-0.4, -0.2) is 34.6 Å². The summed E-state index contributed by atoms with van der Waals surface area (Å²) in [6, 6.07) is 2.68. The van der Waals surface area contributed by atoms with Crippen LogP contribution in [0, 0.1) is 10.1 Å². The Morgan fingerprint density at radius 2 is 2.33 bits per heavy atom. The molecular weight excluding hydrogens is 202 g/mol. The highest BCUT2D eigenvalue weighted by molar-refractivity contribution is 5.72. The molecular formula is C8H9N3O4. The van der Waals surface area contributed by atoms with Crippen molar-refractivity contribution in [3.63, 3.8) is 0 Å². The van der Waals surface area contributed by atoms with Gasteiger partial charge in [-0.2, -0.15) is 0 Å². The van der Waals surface area contributed by atoms with Crippen molar-refractivity contribution in [3.8, 4) is 0 Å². The number of likely N-dealkylation sites (N-methyl/N-ethyl adjacent to an activating group) is 1. The summed E-state index contributed by atoms with van der Waals surface area (Å²) in [6.45, 7) is -0.204. The lowest BCUT2D eigenvalue weighted by Gasteiger charge is -2.14. The lowest BCUT2D eigenvalue weighted by Crippen LogP contribution is -2.25. The fourth-order valence-electron chi connectivity index (χ4n) is 0.996. The summed E-state index contributed by atoms with van der Waals surface area (Å²) in [5, 5.41) is 18.8. The quantitative estimate of drug-likeness (QED) is 0.575. The minimum atomic E-state index is -0.988. The van der Waals surface area contributed by atoms with Gasteiger partial charge in [-0.15, -0.1) is 0 Å². The molecule has 1 rings (SSSR count). The number of rotatable bonds is 4. The summed E-state index contributed by atoms with van der Waals surface area (Å²) in [5.41, 5.74) is -0.123. The summed E-state index contributed by atoms with van der Waals surface area (Å²) in [6.07, 6.45) is 1.09. The monoisotopic (exact) mass is 211 g/mol. The van der Waals surface area contributed by atoms with Crippen LogP contribution in [0.3, 0.4) is 0 Å². The van der Waals surface area contributed by atoms with E-state index in [2.05, 4.69) is 4.98 Å². The first-order valence-electron chi connectivity index (χ1n) is 4.04. The fourth-order valence-corrected chi connectivity index (χ4v) is 0.996. The maximum Gasteiger partial charge on any atom is 0.323 e. The second-order valence-corrected chi connectivity index (χ2v) is 2.88. The summed E-state index contributed by atoms with van der Waals surface area (Å²) in [5.74, 6) is -0.611. The van der Waals surface area contributed by atoms with Gasteiger partial charge in [0.2, 0.25) is 0 Å². The Bertz CT molecular complexity index is 376. The molecule has 0 atom stereocenters. The molecule has 0 radical (unpaired) electrons. The first-order valence-corrected chi connectivity index (χ1v) is 4.04. The number of nitro groups is 1. The molecule has 15 heavy (non-hydrogen) atoms. The van der Waals surface area contributed by atoms with Crippen LogP contribution in [0.1, 0.15) is 0 Å². The van der Waals surface area contributed by atoms with Crippen molar-refractivity contribution in [2.24, 2.45) is 0 Å². The van der Waals surface area contributed by atoms with Gasteiger partial charge in [0.15, 0.2) is 0 Å². The highest BCUT2D eigenvalue weighted by Crippen LogP contribution is 2.14. The average Bonchev–Trinajstić information content (AvgIpc) is 2.17. The van der Waals surface area contributed by atoms with Gasteiger partial charge < -0.3 is 10.0 Å². The number of carbonyl (C=O) groups is 1. The zero-order valence-corrected chi connectivity index (χ0v) is 7.95. The number of pyridine rings is 1. The van der Waals surface area contributed by atoms with Crippen LogP contribution in [-0.2, 0) is 4.79 Å². The van der Waals surface area contributed by atoms with Crippen LogP contribution in [0.2, 0.25) is 0 Å². The van der Waals surface area contributed by atoms with E-state index >= 15 is 0 Å². The molecule has 0 amide bonds. The standard InChI is InChI=1S/C8H9N3O4/c1-10(5-8(12)13)7-3-2-6(4-9-7)11(14)15/h2-4H,5H2,1H3,(H,12,13). The number of carboxylic acids is 1. The van der Waals surface area contributed by atoms with Crippen molar-refractivity contribution >= 4 is 17.5 Å². The Balaban J connectivity index is 2.79. The molecule has 0 saturated heterocycles. The van der Waals surface area contributed by atoms with E-state index in [0.29, 0.717) is 5.82 Å². The molecule has 0 spiro atoms. The van der Waals surface area contributed by atoms with Gasteiger partial charge in [0.05, 0.1) is 4.92 Å². The summed E-state index contributed by atoms with van der Waals surface area (Å²) in [4.78, 5) is 25.3. The largest absolute Gasteiger partial charge is 0.480 e. The van der Waals surface area contributed by atoms with Crippen molar-refractivity contribution < 1.29 is 14.8 Å². The van der Waals surface area contributed by atoms with Crippen LogP contribution >= 0.6 is 0 Å². The highest BCUT2D eigenvalue weighted by atomic mass is 16.6. The number of hydrogen-bond acceptors (Lipinski definition) is 5. The van der Waals surface area contributed by atoms with E-state index in [1.807, 2.05) is 0 Å². The third-order valence-corrected chi connectivity index (χ3v) is 1.71. The highest BCUT2D eigenvalue weighted by Gasteiger charge is 2.09. The van der Waals surface area contributed by atoms with Gasteiger partial charge in [-0.1, -0.05) is 0 Å². The Labute approximate surface area is 85.1 Å². The molecule has 1 aromatic heterocycles. The number of nitrogens with zero attached hydrogens (tertiary/aromatic N) is 3. The maximum absolute atomic E-state index is 10.4. The Kier molecular flexibility index (Phi) is 3.17. The fraction of sp³-hybridized carbons (Fsp3) is 0.250. The van der Waals surface area contributed by atoms with Crippen LogP contribution in [0.4, 0.5) is 11.5 Å². The van der Waals surface area contributed by atoms with Crippen LogP contribution < -0.4 is 4.90 Å². The number of aliphatic carboxylic acids is 1. The first-order chi connectivity index (χ1) is 7.00. The molecule has 0 aliphatic rings. The molecule has 0 bridgehead atoms. The van der Waals surface area contributed by atoms with Crippen molar-refractivity contribution in [2.45, 2.75) is 0 Å². The van der Waals surface area contributed by atoms with Crippen LogP contribution in [0.25, 0.3) is 0 Å². The number of anilines is 1. The van der Waals surface area contributed by atoms with Gasteiger partial charge in [0.1, 0.15) is 18.6 Å². The minimum Gasteiger partial charge on any atom is -0.480 e. The summed E-state index contributed by atoms with van der Waals surface area (Å²) >= 11 is 0. The molecule has 0 unspecified atom stereocenters. The van der Waals surface area contributed by atoms with E-state index in [1.165, 1.54) is 17.0 Å². The van der Waals surface area contributed by atoms with Crippen molar-refractivity contribution in [2.75, 3.05) is 18.5 Å². The normalized spacial score (nSPS) is 9.67. The Morgan fingerprint density at radius 1 is 1.67 bits per heavy atom. The van der Waals surface area contributed by atoms with Gasteiger partial charge in [0.25, 0.3) is 5.69 Å². The number of aromatic nitrogens is 1. The van der Waals surface area contributed by atoms with Gasteiger partial charge in [-0.05, 0) is 6.07 Å². The molecule has 1 N–H and O–H groups in total. The molecule has 1 aromatic rings. The second kappa shape index (κ2) is 4.36. The molecule has 0 aliphatic heterocycles. The molecule has 0 saturated carbocycles. The van der Waals surface area contributed by atoms with Gasteiger partial charge in [-0.3, -0.25) is 14.9 Å². The SMILES string of the molecule is CN(CC(=O)O)c1ccc([N+](=O)[O-])cn1. The molecule has 7 nitrogen and oxygen atoms in total. The predicted molar refractivity (Wildman–Crippen MR) is 51.8 cm³/mol. The zero-order chi connectivity index (χ0) is 11.4. The number of hydrogen-bond donors (Lipinski definition) is 1. The van der Waals surface area contributed by atoms with Gasteiger partial charge in [-0.25, -0.2) is 4.98 Å². The topological polar surface area (TPSA) is 96.6 Å². The van der Waals surface area contributed by atoms with Crippen LogP contribution in [0.15, 0.2) is 18.3 Å². The van der Waals surface area contributed by atoms with E-state index in [-0.39, 0.29) is 12.2 Å². The van der Waals surface area contributed by atoms with Gasteiger partial charge in [0, 0.05) is 13.1 Å². The maximum atomic E-state index is 10.4. The van der Waals surface area contributed by atoms with Crippen molar-refractivity contribution in [1.82, 2.24) is 4.98 Å². The van der Waals surface area contributed by atoms with E-state index in [1.54, 1.807) is 7.05 Å². The zero-order valence-electron chi connectivity index (χ0n) is 7.95. The molecule has 0 aliphatic carbocycles. The second-order valence-electron chi connectivity index (χ2n) is 2.88. The molecule has 0 fully saturated rings. The molecule has 80 valence electrons. The van der Waals surface area contributed by atoms with E-state index in [0.717, 1.165) is 6.20 Å². The van der Waals surface area contributed by atoms with E-state index < -0.39 is 10.9 Å². The van der Waals surface area contributed by atoms with Gasteiger partial charge >= 0.3 is 5.97 Å². The third-order valence-electron chi connectivity index (χ3n) is 1.71. The van der Waals surface area contributed by atoms with E-state index in [9.17, 15) is 14.9 Å². The lowest BCUT2D eigenvalue weighted by atomic mass is 10.4. The minimum absolute atomic E-state index is 0.123. The Hall–Kier alpha value is -2.18. The molecule has 0 aromatic carbocycles. The smallest absolute Gasteiger partial charge is 0.323 e. The predicted octanol–water partition coefficient (Wildman–Crippen LogP) is 0.511. The number of carboxylic acid groups (broad SMARTS) is 1. The third kappa shape index (κ3) is 2.90. The van der Waals surface area contributed by atoms with Crippen LogP contribution in [0.5, 0.6) is 0 Å².